The van der Waals surface area contributed by atoms with Crippen LogP contribution < -0.4 is 10.1 Å². The van der Waals surface area contributed by atoms with Crippen LogP contribution in [-0.2, 0) is 0 Å². The third-order valence-corrected chi connectivity index (χ3v) is 6.19. The summed E-state index contributed by atoms with van der Waals surface area (Å²) >= 11 is 7.59. The number of nitriles is 1. The molecule has 6 heteroatoms. The van der Waals surface area contributed by atoms with E-state index in [-0.39, 0.29) is 5.91 Å². The Morgan fingerprint density at radius 2 is 1.81 bits per heavy atom. The van der Waals surface area contributed by atoms with Crippen LogP contribution >= 0.6 is 23.4 Å². The molecule has 3 aromatic rings. The summed E-state index contributed by atoms with van der Waals surface area (Å²) in [4.78, 5) is 14.5. The van der Waals surface area contributed by atoms with E-state index in [1.54, 1.807) is 30.3 Å². The van der Waals surface area contributed by atoms with Gasteiger partial charge in [0.05, 0.1) is 17.9 Å². The van der Waals surface area contributed by atoms with E-state index in [0.29, 0.717) is 28.4 Å². The zero-order valence-electron chi connectivity index (χ0n) is 17.9. The van der Waals surface area contributed by atoms with E-state index < -0.39 is 0 Å². The molecule has 3 rings (SSSR count). The quantitative estimate of drug-likeness (QED) is 0.314. The van der Waals surface area contributed by atoms with Gasteiger partial charge in [-0.25, -0.2) is 0 Å². The predicted molar refractivity (Wildman–Crippen MR) is 131 cm³/mol. The Hall–Kier alpha value is -2.94. The van der Waals surface area contributed by atoms with Gasteiger partial charge >= 0.3 is 0 Å². The maximum Gasteiger partial charge on any atom is 0.255 e. The summed E-state index contributed by atoms with van der Waals surface area (Å²) in [5.74, 6) is 0.516. The van der Waals surface area contributed by atoms with Crippen LogP contribution in [0.3, 0.4) is 0 Å². The van der Waals surface area contributed by atoms with Crippen molar-refractivity contribution in [3.63, 3.8) is 0 Å². The second-order valence-electron chi connectivity index (χ2n) is 7.24. The molecule has 3 aromatic carbocycles. The summed E-state index contributed by atoms with van der Waals surface area (Å²) in [5.41, 5.74) is 1.70. The van der Waals surface area contributed by atoms with Crippen LogP contribution in [0.2, 0.25) is 5.02 Å². The molecule has 0 saturated carbocycles. The molecule has 164 valence electrons. The number of anilines is 1. The zero-order chi connectivity index (χ0) is 22.8. The Labute approximate surface area is 198 Å². The number of hydrogen-bond acceptors (Lipinski definition) is 4. The summed E-state index contributed by atoms with van der Waals surface area (Å²) in [5, 5.41) is 12.8. The molecule has 0 heterocycles. The van der Waals surface area contributed by atoms with Crippen LogP contribution in [0.15, 0.2) is 76.5 Å². The minimum Gasteiger partial charge on any atom is -0.494 e. The standard InChI is InChI=1S/C26H25ClN2O2S/c1-2-3-4-7-16-31-22-13-10-19(11-14-22)26(30)29-23-17-21(27)12-15-25(23)32-24-9-6-5-8-20(24)18-28/h5-6,8-15,17H,2-4,7,16H2,1H3,(H,29,30). The van der Waals surface area contributed by atoms with Crippen LogP contribution in [0.25, 0.3) is 0 Å². The van der Waals surface area contributed by atoms with Gasteiger partial charge in [-0.15, -0.1) is 0 Å². The smallest absolute Gasteiger partial charge is 0.255 e. The van der Waals surface area contributed by atoms with E-state index in [9.17, 15) is 10.1 Å². The molecule has 0 spiro atoms. The number of ether oxygens (including phenoxy) is 1. The highest BCUT2D eigenvalue weighted by molar-refractivity contribution is 7.99. The fraction of sp³-hybridized carbons (Fsp3) is 0.231. The number of carbonyl (C=O) groups is 1. The highest BCUT2D eigenvalue weighted by Crippen LogP contribution is 2.36. The lowest BCUT2D eigenvalue weighted by Gasteiger charge is -2.13. The lowest BCUT2D eigenvalue weighted by atomic mass is 10.2. The summed E-state index contributed by atoms with van der Waals surface area (Å²) in [6.45, 7) is 2.86. The van der Waals surface area contributed by atoms with Gasteiger partial charge in [-0.3, -0.25) is 4.79 Å². The van der Waals surface area contributed by atoms with Crippen molar-refractivity contribution in [3.8, 4) is 11.8 Å². The molecule has 0 unspecified atom stereocenters. The Bertz CT molecular complexity index is 1090. The van der Waals surface area contributed by atoms with Crippen LogP contribution in [-0.4, -0.2) is 12.5 Å². The molecule has 1 N–H and O–H groups in total. The number of hydrogen-bond donors (Lipinski definition) is 1. The largest absolute Gasteiger partial charge is 0.494 e. The number of nitrogens with one attached hydrogen (secondary N) is 1. The number of amides is 1. The molecule has 0 saturated heterocycles. The average molecular weight is 465 g/mol. The van der Waals surface area contributed by atoms with Gasteiger partial charge in [-0.2, -0.15) is 5.26 Å². The number of halogens is 1. The van der Waals surface area contributed by atoms with Gasteiger partial charge < -0.3 is 10.1 Å². The van der Waals surface area contributed by atoms with E-state index >= 15 is 0 Å². The van der Waals surface area contributed by atoms with E-state index in [0.717, 1.165) is 28.4 Å². The first-order valence-corrected chi connectivity index (χ1v) is 11.8. The Morgan fingerprint density at radius 3 is 2.56 bits per heavy atom. The number of nitrogens with zero attached hydrogens (tertiary/aromatic N) is 1. The van der Waals surface area contributed by atoms with E-state index in [1.807, 2.05) is 36.4 Å². The predicted octanol–water partition coefficient (Wildman–Crippen LogP) is 7.57. The lowest BCUT2D eigenvalue weighted by molar-refractivity contribution is 0.102. The molecule has 0 atom stereocenters. The molecule has 0 aliphatic carbocycles. The second-order valence-corrected chi connectivity index (χ2v) is 8.76. The van der Waals surface area contributed by atoms with Gasteiger partial charge in [0.15, 0.2) is 0 Å². The maximum atomic E-state index is 12.8. The zero-order valence-corrected chi connectivity index (χ0v) is 19.5. The molecule has 0 radical (unpaired) electrons. The van der Waals surface area contributed by atoms with Crippen molar-refractivity contribution in [2.45, 2.75) is 42.4 Å². The Balaban J connectivity index is 1.68. The number of benzene rings is 3. The van der Waals surface area contributed by atoms with Gasteiger partial charge in [0, 0.05) is 20.4 Å². The molecule has 0 fully saturated rings. The first kappa shape index (κ1) is 23.7. The molecule has 32 heavy (non-hydrogen) atoms. The normalized spacial score (nSPS) is 10.4. The van der Waals surface area contributed by atoms with Gasteiger partial charge in [0.1, 0.15) is 11.8 Å². The van der Waals surface area contributed by atoms with Crippen molar-refractivity contribution < 1.29 is 9.53 Å². The van der Waals surface area contributed by atoms with Gasteiger partial charge in [-0.05, 0) is 61.0 Å². The summed E-state index contributed by atoms with van der Waals surface area (Å²) in [7, 11) is 0. The summed E-state index contributed by atoms with van der Waals surface area (Å²) < 4.78 is 5.75. The molecule has 0 aliphatic heterocycles. The van der Waals surface area contributed by atoms with Crippen molar-refractivity contribution in [1.29, 1.82) is 5.26 Å². The Morgan fingerprint density at radius 1 is 1.03 bits per heavy atom. The van der Waals surface area contributed by atoms with Gasteiger partial charge in [-0.1, -0.05) is 61.7 Å². The van der Waals surface area contributed by atoms with Crippen molar-refractivity contribution in [2.24, 2.45) is 0 Å². The fourth-order valence-electron chi connectivity index (χ4n) is 3.07. The van der Waals surface area contributed by atoms with Crippen molar-refractivity contribution in [2.75, 3.05) is 11.9 Å². The maximum absolute atomic E-state index is 12.8. The first-order chi connectivity index (χ1) is 15.6. The highest BCUT2D eigenvalue weighted by Gasteiger charge is 2.13. The molecule has 0 aromatic heterocycles. The molecular formula is C26H25ClN2O2S. The highest BCUT2D eigenvalue weighted by atomic mass is 35.5. The minimum absolute atomic E-state index is 0.239. The van der Waals surface area contributed by atoms with Crippen LogP contribution in [0.5, 0.6) is 5.75 Å². The minimum atomic E-state index is -0.239. The monoisotopic (exact) mass is 464 g/mol. The SMILES string of the molecule is CCCCCCOc1ccc(C(=O)Nc2cc(Cl)ccc2Sc2ccccc2C#N)cc1. The third kappa shape index (κ3) is 6.78. The van der Waals surface area contributed by atoms with Crippen LogP contribution in [0, 0.1) is 11.3 Å². The van der Waals surface area contributed by atoms with Crippen molar-refractivity contribution >= 4 is 35.0 Å². The molecular weight excluding hydrogens is 440 g/mol. The number of unbranched alkanes of at least 4 members (excludes halogenated alkanes) is 3. The molecule has 1 amide bonds. The van der Waals surface area contributed by atoms with E-state index in [2.05, 4.69) is 18.3 Å². The van der Waals surface area contributed by atoms with E-state index in [4.69, 9.17) is 16.3 Å². The third-order valence-electron chi connectivity index (χ3n) is 4.80. The lowest BCUT2D eigenvalue weighted by Crippen LogP contribution is -2.12. The molecule has 0 bridgehead atoms. The van der Waals surface area contributed by atoms with Gasteiger partial charge in [0.2, 0.25) is 0 Å². The molecule has 0 aliphatic rings. The van der Waals surface area contributed by atoms with Crippen LogP contribution in [0.1, 0.15) is 48.5 Å². The molecule has 4 nitrogen and oxygen atoms in total. The van der Waals surface area contributed by atoms with Crippen molar-refractivity contribution in [1.82, 2.24) is 0 Å². The number of rotatable bonds is 10. The average Bonchev–Trinajstić information content (AvgIpc) is 2.81. The first-order valence-electron chi connectivity index (χ1n) is 10.6. The van der Waals surface area contributed by atoms with Crippen molar-refractivity contribution in [3.05, 3.63) is 82.9 Å². The fourth-order valence-corrected chi connectivity index (χ4v) is 4.21. The topological polar surface area (TPSA) is 62.1 Å². The van der Waals surface area contributed by atoms with Crippen LogP contribution in [0.4, 0.5) is 5.69 Å². The van der Waals surface area contributed by atoms with E-state index in [1.165, 1.54) is 24.6 Å². The summed E-state index contributed by atoms with van der Waals surface area (Å²) in [6, 6.07) is 22.0. The number of carbonyl (C=O) groups excluding carboxylic acids is 1. The summed E-state index contributed by atoms with van der Waals surface area (Å²) in [6.07, 6.45) is 4.60. The second kappa shape index (κ2) is 12.2. The van der Waals surface area contributed by atoms with Gasteiger partial charge in [0.25, 0.3) is 5.91 Å². The Kier molecular flexibility index (Phi) is 9.03.